The number of aromatic nitrogens is 4. The Bertz CT molecular complexity index is 1550. The smallest absolute Gasteiger partial charge is 0.381 e. The van der Waals surface area contributed by atoms with Crippen molar-refractivity contribution in [2.75, 3.05) is 5.32 Å². The van der Waals surface area contributed by atoms with Crippen LogP contribution in [0.2, 0.25) is 0 Å². The van der Waals surface area contributed by atoms with Crippen molar-refractivity contribution in [1.29, 1.82) is 0 Å². The minimum absolute atomic E-state index is 0.00825. The molecule has 1 unspecified atom stereocenters. The van der Waals surface area contributed by atoms with Gasteiger partial charge in [-0.25, -0.2) is 23.3 Å². The Morgan fingerprint density at radius 2 is 1.97 bits per heavy atom. The maximum atomic E-state index is 14.8. The Morgan fingerprint density at radius 1 is 1.22 bits per heavy atom. The predicted octanol–water partition coefficient (Wildman–Crippen LogP) is 5.58. The highest BCUT2D eigenvalue weighted by molar-refractivity contribution is 7.13. The SMILES string of the molecule is CC(CCCn1ccc2cc(-c3nc(C(F)F)cs3)c(F)cc2c1=O)Nc1cn[nH]c(=O)c1C(F)(F)F. The van der Waals surface area contributed by atoms with Crippen LogP contribution in [-0.4, -0.2) is 25.8 Å². The molecule has 4 aromatic rings. The summed E-state index contributed by atoms with van der Waals surface area (Å²) >= 11 is 0.872. The maximum Gasteiger partial charge on any atom is 0.423 e. The monoisotopic (exact) mass is 543 g/mol. The highest BCUT2D eigenvalue weighted by Gasteiger charge is 2.37. The number of nitrogens with one attached hydrogen (secondary N) is 2. The third kappa shape index (κ3) is 5.68. The molecule has 3 aromatic heterocycles. The molecule has 4 rings (SSSR count). The molecule has 0 bridgehead atoms. The van der Waals surface area contributed by atoms with E-state index < -0.39 is 52.5 Å². The van der Waals surface area contributed by atoms with Gasteiger partial charge in [-0.2, -0.15) is 18.3 Å². The van der Waals surface area contributed by atoms with E-state index in [4.69, 9.17) is 0 Å². The fourth-order valence-corrected chi connectivity index (χ4v) is 4.68. The molecule has 1 aromatic carbocycles. The van der Waals surface area contributed by atoms with Crippen molar-refractivity contribution in [3.8, 4) is 10.6 Å². The zero-order valence-electron chi connectivity index (χ0n) is 19.1. The largest absolute Gasteiger partial charge is 0.423 e. The number of hydrogen-bond donors (Lipinski definition) is 2. The van der Waals surface area contributed by atoms with Crippen LogP contribution in [0.1, 0.15) is 37.4 Å². The van der Waals surface area contributed by atoms with E-state index in [9.17, 15) is 35.9 Å². The fourth-order valence-electron chi connectivity index (χ4n) is 3.85. The molecule has 0 spiro atoms. The van der Waals surface area contributed by atoms with Crippen LogP contribution in [0.5, 0.6) is 0 Å². The number of alkyl halides is 5. The van der Waals surface area contributed by atoms with Gasteiger partial charge >= 0.3 is 6.18 Å². The third-order valence-electron chi connectivity index (χ3n) is 5.62. The quantitative estimate of drug-likeness (QED) is 0.283. The van der Waals surface area contributed by atoms with Crippen LogP contribution in [-0.2, 0) is 12.7 Å². The number of thiazole rings is 1. The van der Waals surface area contributed by atoms with E-state index in [1.807, 2.05) is 0 Å². The molecular formula is C23H19F6N5O2S. The van der Waals surface area contributed by atoms with Crippen molar-refractivity contribution < 1.29 is 26.3 Å². The van der Waals surface area contributed by atoms with Gasteiger partial charge in [0.1, 0.15) is 22.1 Å². The standard InChI is InChI=1S/C23H19F6N5O2S/c1-11(31-16-9-30-33-20(35)18(16)23(27,28)29)3-2-5-34-6-4-12-7-14(15(24)8-13(12)22(34)36)21-32-17(10-37-21)19(25)26/h4,6-11,19H,2-3,5H2,1H3,(H2,31,33,35). The van der Waals surface area contributed by atoms with Crippen molar-refractivity contribution in [2.24, 2.45) is 0 Å². The molecule has 7 nitrogen and oxygen atoms in total. The van der Waals surface area contributed by atoms with E-state index in [1.165, 1.54) is 16.8 Å². The second-order valence-electron chi connectivity index (χ2n) is 8.28. The Balaban J connectivity index is 1.47. The van der Waals surface area contributed by atoms with Gasteiger partial charge in [0.15, 0.2) is 0 Å². The summed E-state index contributed by atoms with van der Waals surface area (Å²) in [5.74, 6) is -0.776. The van der Waals surface area contributed by atoms with Gasteiger partial charge in [0, 0.05) is 29.7 Å². The number of halogens is 6. The van der Waals surface area contributed by atoms with E-state index in [2.05, 4.69) is 15.4 Å². The van der Waals surface area contributed by atoms with Crippen LogP contribution in [0.3, 0.4) is 0 Å². The van der Waals surface area contributed by atoms with Gasteiger partial charge in [-0.1, -0.05) is 0 Å². The van der Waals surface area contributed by atoms with Crippen LogP contribution in [0, 0.1) is 5.82 Å². The lowest BCUT2D eigenvalue weighted by atomic mass is 10.1. The highest BCUT2D eigenvalue weighted by Crippen LogP contribution is 2.33. The van der Waals surface area contributed by atoms with Gasteiger partial charge in [-0.15, -0.1) is 11.3 Å². The predicted molar refractivity (Wildman–Crippen MR) is 126 cm³/mol. The summed E-state index contributed by atoms with van der Waals surface area (Å²) in [5.41, 5.74) is -4.10. The summed E-state index contributed by atoms with van der Waals surface area (Å²) in [5, 5.41) is 9.52. The van der Waals surface area contributed by atoms with Gasteiger partial charge in [0.25, 0.3) is 17.5 Å². The number of anilines is 1. The Kier molecular flexibility index (Phi) is 7.39. The number of aromatic amines is 1. The first-order valence-corrected chi connectivity index (χ1v) is 11.8. The number of pyridine rings is 1. The normalized spacial score (nSPS) is 12.9. The van der Waals surface area contributed by atoms with E-state index in [1.54, 1.807) is 18.1 Å². The summed E-state index contributed by atoms with van der Waals surface area (Å²) < 4.78 is 81.4. The van der Waals surface area contributed by atoms with Gasteiger partial charge < -0.3 is 9.88 Å². The van der Waals surface area contributed by atoms with Crippen LogP contribution in [0.4, 0.5) is 32.0 Å². The Morgan fingerprint density at radius 3 is 2.65 bits per heavy atom. The summed E-state index contributed by atoms with van der Waals surface area (Å²) in [6, 6.07) is 3.51. The van der Waals surface area contributed by atoms with Crippen LogP contribution in [0.15, 0.2) is 45.6 Å². The number of nitrogens with zero attached hydrogens (tertiary/aromatic N) is 3. The minimum Gasteiger partial charge on any atom is -0.381 e. The molecule has 0 fully saturated rings. The molecule has 37 heavy (non-hydrogen) atoms. The maximum absolute atomic E-state index is 14.8. The van der Waals surface area contributed by atoms with E-state index in [-0.39, 0.29) is 22.5 Å². The third-order valence-corrected chi connectivity index (χ3v) is 6.51. The van der Waals surface area contributed by atoms with E-state index >= 15 is 0 Å². The zero-order chi connectivity index (χ0) is 26.9. The molecular weight excluding hydrogens is 524 g/mol. The molecule has 0 radical (unpaired) electrons. The lowest BCUT2D eigenvalue weighted by molar-refractivity contribution is -0.138. The van der Waals surface area contributed by atoms with Crippen molar-refractivity contribution in [1.82, 2.24) is 19.7 Å². The Hall–Kier alpha value is -3.68. The van der Waals surface area contributed by atoms with Crippen LogP contribution in [0.25, 0.3) is 21.3 Å². The molecule has 0 aliphatic carbocycles. The molecule has 14 heteroatoms. The van der Waals surface area contributed by atoms with Crippen molar-refractivity contribution in [3.63, 3.8) is 0 Å². The van der Waals surface area contributed by atoms with E-state index in [0.717, 1.165) is 29.0 Å². The van der Waals surface area contributed by atoms with Gasteiger partial charge in [-0.3, -0.25) is 9.59 Å². The molecule has 3 heterocycles. The second-order valence-corrected chi connectivity index (χ2v) is 9.14. The number of fused-ring (bicyclic) bond motifs is 1. The van der Waals surface area contributed by atoms with Crippen molar-refractivity contribution in [2.45, 2.75) is 45.0 Å². The number of rotatable bonds is 8. The van der Waals surface area contributed by atoms with Gasteiger partial charge in [0.2, 0.25) is 0 Å². The van der Waals surface area contributed by atoms with Gasteiger partial charge in [-0.05, 0) is 43.4 Å². The van der Waals surface area contributed by atoms with E-state index in [0.29, 0.717) is 18.2 Å². The van der Waals surface area contributed by atoms with Crippen LogP contribution >= 0.6 is 11.3 Å². The topological polar surface area (TPSA) is 92.7 Å². The number of H-pyrrole nitrogens is 1. The van der Waals surface area contributed by atoms with Crippen LogP contribution < -0.4 is 16.4 Å². The molecule has 1 atom stereocenters. The first-order valence-electron chi connectivity index (χ1n) is 10.9. The average Bonchev–Trinajstić information content (AvgIpc) is 3.30. The van der Waals surface area contributed by atoms with Crippen molar-refractivity contribution >= 4 is 27.8 Å². The summed E-state index contributed by atoms with van der Waals surface area (Å²) in [4.78, 5) is 28.2. The number of aryl methyl sites for hydroxylation is 1. The molecule has 196 valence electrons. The van der Waals surface area contributed by atoms with Gasteiger partial charge in [0.05, 0.1) is 17.3 Å². The Labute approximate surface area is 208 Å². The van der Waals surface area contributed by atoms with Crippen molar-refractivity contribution in [3.05, 3.63) is 73.8 Å². The molecule has 0 aliphatic rings. The average molecular weight is 543 g/mol. The zero-order valence-corrected chi connectivity index (χ0v) is 19.9. The molecule has 0 saturated carbocycles. The molecule has 0 aliphatic heterocycles. The number of benzene rings is 1. The highest BCUT2D eigenvalue weighted by atomic mass is 32.1. The molecule has 2 N–H and O–H groups in total. The fraction of sp³-hybridized carbons (Fsp3) is 0.304. The molecule has 0 amide bonds. The summed E-state index contributed by atoms with van der Waals surface area (Å²) in [6.45, 7) is 1.83. The first kappa shape index (κ1) is 26.4. The minimum atomic E-state index is -4.86. The number of hydrogen-bond acceptors (Lipinski definition) is 6. The summed E-state index contributed by atoms with van der Waals surface area (Å²) in [7, 11) is 0. The second kappa shape index (κ2) is 10.4. The lowest BCUT2D eigenvalue weighted by Gasteiger charge is -2.18. The lowest BCUT2D eigenvalue weighted by Crippen LogP contribution is -2.27. The molecule has 0 saturated heterocycles. The summed E-state index contributed by atoms with van der Waals surface area (Å²) in [6.07, 6.45) is -4.53. The first-order chi connectivity index (χ1) is 17.5.